The molecule has 1 aliphatic heterocycles. The van der Waals surface area contributed by atoms with E-state index < -0.39 is 25.2 Å². The molecule has 4 atom stereocenters. The van der Waals surface area contributed by atoms with E-state index in [2.05, 4.69) is 15.0 Å². The first-order valence-corrected chi connectivity index (χ1v) is 10.2. The van der Waals surface area contributed by atoms with Crippen molar-refractivity contribution in [1.82, 2.24) is 23.9 Å². The molecule has 1 saturated heterocycles. The van der Waals surface area contributed by atoms with Crippen LogP contribution in [0.4, 0.5) is 0 Å². The fourth-order valence-electron chi connectivity index (χ4n) is 2.91. The minimum Gasteiger partial charge on any atom is -0.492 e. The lowest BCUT2D eigenvalue weighted by Crippen LogP contribution is -2.26. The molecule has 140 valence electrons. The van der Waals surface area contributed by atoms with Gasteiger partial charge in [-0.3, -0.25) is 8.97 Å². The number of aromatic hydroxyl groups is 1. The van der Waals surface area contributed by atoms with E-state index in [4.69, 9.17) is 25.6 Å². The summed E-state index contributed by atoms with van der Waals surface area (Å²) in [6, 6.07) is 0. The second-order valence-electron chi connectivity index (χ2n) is 5.74. The van der Waals surface area contributed by atoms with Gasteiger partial charge in [-0.2, -0.15) is 4.98 Å². The summed E-state index contributed by atoms with van der Waals surface area (Å²) >= 11 is 4.77. The Morgan fingerprint density at radius 3 is 3.04 bits per heavy atom. The maximum Gasteiger partial charge on any atom is 0.324 e. The lowest BCUT2D eigenvalue weighted by molar-refractivity contribution is -0.0405. The zero-order valence-corrected chi connectivity index (χ0v) is 15.2. The molecule has 26 heavy (non-hydrogen) atoms. The van der Waals surface area contributed by atoms with Gasteiger partial charge >= 0.3 is 6.72 Å². The number of hydrogen-bond acceptors (Lipinski definition) is 9. The van der Waals surface area contributed by atoms with Crippen LogP contribution in [0.25, 0.3) is 16.9 Å². The number of fused-ring (bicyclic) bond motifs is 3. The van der Waals surface area contributed by atoms with Gasteiger partial charge in [-0.15, -0.1) is 0 Å². The molecule has 3 aromatic heterocycles. The lowest BCUT2D eigenvalue weighted by Gasteiger charge is -2.19. The van der Waals surface area contributed by atoms with E-state index in [1.165, 1.54) is 13.4 Å². The van der Waals surface area contributed by atoms with Gasteiger partial charge in [0.15, 0.2) is 11.2 Å². The molecular weight excluding hydrogens is 385 g/mol. The predicted octanol–water partition coefficient (Wildman–Crippen LogP) is 0.313. The zero-order valence-electron chi connectivity index (χ0n) is 13.5. The monoisotopic (exact) mass is 401 g/mol. The molecule has 1 unspecified atom stereocenters. The zero-order chi connectivity index (χ0) is 18.5. The Morgan fingerprint density at radius 2 is 2.27 bits per heavy atom. The van der Waals surface area contributed by atoms with E-state index in [-0.39, 0.29) is 18.9 Å². The van der Waals surface area contributed by atoms with E-state index in [9.17, 15) is 15.1 Å². The summed E-state index contributed by atoms with van der Waals surface area (Å²) in [6.07, 6.45) is 2.91. The highest BCUT2D eigenvalue weighted by Crippen LogP contribution is 2.43. The number of aromatic nitrogens is 5. The van der Waals surface area contributed by atoms with Crippen molar-refractivity contribution in [3.63, 3.8) is 0 Å². The van der Waals surface area contributed by atoms with Crippen LogP contribution >= 0.6 is 6.72 Å². The molecule has 0 spiro atoms. The van der Waals surface area contributed by atoms with Crippen molar-refractivity contribution in [2.45, 2.75) is 24.9 Å². The first-order chi connectivity index (χ1) is 12.4. The fraction of sp³-hybridized carbons (Fsp3) is 0.462. The highest BCUT2D eigenvalue weighted by Gasteiger charge is 2.37. The van der Waals surface area contributed by atoms with Gasteiger partial charge in [0.25, 0.3) is 0 Å². The quantitative estimate of drug-likeness (QED) is 0.513. The van der Waals surface area contributed by atoms with Crippen LogP contribution in [0.2, 0.25) is 0 Å². The summed E-state index contributed by atoms with van der Waals surface area (Å²) in [6.45, 7) is -3.44. The van der Waals surface area contributed by atoms with Crippen LogP contribution in [0.3, 0.4) is 0 Å². The van der Waals surface area contributed by atoms with Gasteiger partial charge in [-0.05, 0) is 11.8 Å². The molecule has 13 heteroatoms. The molecule has 4 heterocycles. The summed E-state index contributed by atoms with van der Waals surface area (Å²) in [4.78, 5) is 21.9. The molecule has 0 radical (unpaired) electrons. The third-order valence-electron chi connectivity index (χ3n) is 4.18. The van der Waals surface area contributed by atoms with Gasteiger partial charge in [0.1, 0.15) is 12.3 Å². The summed E-state index contributed by atoms with van der Waals surface area (Å²) in [7, 11) is 1.25. The van der Waals surface area contributed by atoms with Gasteiger partial charge in [-0.1, -0.05) is 0 Å². The maximum absolute atomic E-state index is 10.3. The van der Waals surface area contributed by atoms with Crippen LogP contribution in [-0.2, 0) is 25.6 Å². The van der Waals surface area contributed by atoms with Crippen molar-refractivity contribution in [2.75, 3.05) is 13.7 Å². The number of nitrogens with zero attached hydrogens (tertiary/aromatic N) is 5. The van der Waals surface area contributed by atoms with Crippen LogP contribution in [0, 0.1) is 0 Å². The van der Waals surface area contributed by atoms with Crippen molar-refractivity contribution in [3.05, 3.63) is 18.7 Å². The highest BCUT2D eigenvalue weighted by molar-refractivity contribution is 8.07. The summed E-state index contributed by atoms with van der Waals surface area (Å²) in [5.41, 5.74) is 0.825. The van der Waals surface area contributed by atoms with E-state index in [0.717, 1.165) is 0 Å². The first kappa shape index (κ1) is 17.7. The Balaban J connectivity index is 1.64. The molecule has 1 aliphatic rings. The average molecular weight is 401 g/mol. The Morgan fingerprint density at radius 1 is 1.46 bits per heavy atom. The summed E-state index contributed by atoms with van der Waals surface area (Å²) in [5.74, 6) is 0.0770. The van der Waals surface area contributed by atoms with Crippen LogP contribution in [0.15, 0.2) is 18.7 Å². The minimum absolute atomic E-state index is 0.112. The number of aliphatic hydroxyl groups is 1. The largest absolute Gasteiger partial charge is 0.492 e. The molecule has 0 aromatic carbocycles. The average Bonchev–Trinajstić information content (AvgIpc) is 3.30. The van der Waals surface area contributed by atoms with Crippen molar-refractivity contribution < 1.29 is 28.9 Å². The molecule has 0 aliphatic carbocycles. The number of ether oxygens (including phenoxy) is 1. The Labute approximate surface area is 152 Å². The normalized spacial score (nSPS) is 25.9. The predicted molar refractivity (Wildman–Crippen MR) is 91.9 cm³/mol. The van der Waals surface area contributed by atoms with E-state index in [1.807, 2.05) is 0 Å². The van der Waals surface area contributed by atoms with Crippen molar-refractivity contribution >= 4 is 35.5 Å². The highest BCUT2D eigenvalue weighted by atomic mass is 32.5. The van der Waals surface area contributed by atoms with Crippen molar-refractivity contribution in [3.8, 4) is 5.88 Å². The first-order valence-electron chi connectivity index (χ1n) is 7.65. The SMILES string of the molecule is COP(O)(=S)OC[C@H]1O[C@@H](n2cnc3c(O)nc4nccn4c32)C[C@@H]1O. The van der Waals surface area contributed by atoms with Gasteiger partial charge < -0.3 is 28.9 Å². The van der Waals surface area contributed by atoms with Crippen LogP contribution in [0.1, 0.15) is 12.6 Å². The summed E-state index contributed by atoms with van der Waals surface area (Å²) < 4.78 is 19.0. The van der Waals surface area contributed by atoms with Gasteiger partial charge in [0.2, 0.25) is 11.7 Å². The molecule has 0 amide bonds. The Hall–Kier alpha value is -1.66. The second kappa shape index (κ2) is 6.50. The molecule has 11 nitrogen and oxygen atoms in total. The van der Waals surface area contributed by atoms with E-state index in [0.29, 0.717) is 16.9 Å². The fourth-order valence-corrected chi connectivity index (χ4v) is 3.53. The van der Waals surface area contributed by atoms with Crippen LogP contribution in [0.5, 0.6) is 5.88 Å². The van der Waals surface area contributed by atoms with Gasteiger partial charge in [0, 0.05) is 25.9 Å². The molecule has 0 saturated carbocycles. The van der Waals surface area contributed by atoms with Crippen molar-refractivity contribution in [2.24, 2.45) is 0 Å². The molecule has 3 aromatic rings. The minimum atomic E-state index is -3.33. The van der Waals surface area contributed by atoms with Gasteiger partial charge in [0.05, 0.1) is 19.0 Å². The Kier molecular flexibility index (Phi) is 4.43. The second-order valence-corrected chi connectivity index (χ2v) is 8.68. The Bertz CT molecular complexity index is 1010. The molecule has 4 rings (SSSR count). The van der Waals surface area contributed by atoms with Crippen LogP contribution in [-0.4, -0.2) is 65.0 Å². The molecule has 0 bridgehead atoms. The lowest BCUT2D eigenvalue weighted by atomic mass is 10.2. The van der Waals surface area contributed by atoms with Crippen LogP contribution < -0.4 is 0 Å². The van der Waals surface area contributed by atoms with Crippen molar-refractivity contribution in [1.29, 1.82) is 0 Å². The smallest absolute Gasteiger partial charge is 0.324 e. The molecular formula is C13H16N5O6PS. The van der Waals surface area contributed by atoms with Gasteiger partial charge in [-0.25, -0.2) is 9.97 Å². The van der Waals surface area contributed by atoms with E-state index in [1.54, 1.807) is 21.4 Å². The number of aliphatic hydroxyl groups excluding tert-OH is 1. The van der Waals surface area contributed by atoms with E-state index >= 15 is 0 Å². The number of imidazole rings is 2. The third kappa shape index (κ3) is 2.99. The molecule has 3 N–H and O–H groups in total. The number of hydrogen-bond donors (Lipinski definition) is 3. The molecule has 1 fully saturated rings. The standard InChI is InChI=1S/C13H16N5O6PS/c1-22-25(21,26)23-5-8-7(19)4-9(24-8)18-6-15-10-11(20)16-13-14-2-3-17(13)12(10)18/h2-3,6-9,19H,4-5H2,1H3,(H,21,26)(H,14,16,20)/t7-,8+,9+,25?/m0/s1. The summed E-state index contributed by atoms with van der Waals surface area (Å²) in [5, 5.41) is 20.3. The maximum atomic E-state index is 10.3. The number of rotatable bonds is 5. The third-order valence-corrected chi connectivity index (χ3v) is 5.88. The topological polar surface area (TPSA) is 136 Å².